The van der Waals surface area contributed by atoms with Crippen LogP contribution in [0.4, 0.5) is 0 Å². The number of halogens is 1. The highest BCUT2D eigenvalue weighted by molar-refractivity contribution is 7.89. The summed E-state index contributed by atoms with van der Waals surface area (Å²) in [7, 11) is -3.62. The Hall–Kier alpha value is -1.13. The van der Waals surface area contributed by atoms with E-state index in [4.69, 9.17) is 16.9 Å². The summed E-state index contributed by atoms with van der Waals surface area (Å²) in [5, 5.41) is 12.1. The Morgan fingerprint density at radius 2 is 2.30 bits per heavy atom. The molecule has 1 aliphatic heterocycles. The molecule has 1 saturated heterocycles. The predicted octanol–water partition coefficient (Wildman–Crippen LogP) is 1.49. The molecule has 0 aliphatic carbocycles. The van der Waals surface area contributed by atoms with Crippen molar-refractivity contribution in [3.63, 3.8) is 0 Å². The van der Waals surface area contributed by atoms with Crippen LogP contribution in [0.2, 0.25) is 5.02 Å². The van der Waals surface area contributed by atoms with E-state index in [1.165, 1.54) is 18.2 Å². The SMILES string of the molecule is N#Cc1ccc(S(=O)(=O)NCCC2CCNC2)c(Cl)c1. The van der Waals surface area contributed by atoms with Crippen LogP contribution in [0.25, 0.3) is 0 Å². The maximum atomic E-state index is 12.1. The molecule has 1 aromatic carbocycles. The quantitative estimate of drug-likeness (QED) is 0.863. The van der Waals surface area contributed by atoms with Crippen molar-refractivity contribution >= 4 is 21.6 Å². The summed E-state index contributed by atoms with van der Waals surface area (Å²) in [6, 6.07) is 6.09. The van der Waals surface area contributed by atoms with Gasteiger partial charge in [-0.1, -0.05) is 11.6 Å². The Bertz CT molecular complexity index is 619. The number of benzene rings is 1. The van der Waals surface area contributed by atoms with Crippen molar-refractivity contribution in [1.29, 1.82) is 5.26 Å². The van der Waals surface area contributed by atoms with Crippen LogP contribution in [-0.4, -0.2) is 28.1 Å². The Kier molecular flexibility index (Phi) is 5.00. The number of nitrogens with zero attached hydrogens (tertiary/aromatic N) is 1. The van der Waals surface area contributed by atoms with Crippen LogP contribution in [-0.2, 0) is 10.0 Å². The molecule has 0 amide bonds. The van der Waals surface area contributed by atoms with E-state index >= 15 is 0 Å². The molecule has 0 bridgehead atoms. The second-order valence-electron chi connectivity index (χ2n) is 4.80. The van der Waals surface area contributed by atoms with Gasteiger partial charge in [0, 0.05) is 6.54 Å². The van der Waals surface area contributed by atoms with Crippen LogP contribution in [0.5, 0.6) is 0 Å². The Morgan fingerprint density at radius 1 is 1.50 bits per heavy atom. The minimum absolute atomic E-state index is 0.0164. The van der Waals surface area contributed by atoms with Gasteiger partial charge in [-0.2, -0.15) is 5.26 Å². The third-order valence-electron chi connectivity index (χ3n) is 3.36. The molecule has 20 heavy (non-hydrogen) atoms. The zero-order valence-corrected chi connectivity index (χ0v) is 12.5. The second-order valence-corrected chi connectivity index (χ2v) is 6.94. The van der Waals surface area contributed by atoms with Crippen molar-refractivity contribution in [1.82, 2.24) is 10.0 Å². The number of sulfonamides is 1. The summed E-state index contributed by atoms with van der Waals surface area (Å²) in [6.45, 7) is 2.34. The van der Waals surface area contributed by atoms with E-state index in [1.807, 2.05) is 6.07 Å². The third-order valence-corrected chi connectivity index (χ3v) is 5.30. The Morgan fingerprint density at radius 3 is 2.90 bits per heavy atom. The van der Waals surface area contributed by atoms with Crippen molar-refractivity contribution in [2.45, 2.75) is 17.7 Å². The van der Waals surface area contributed by atoms with Gasteiger partial charge >= 0.3 is 0 Å². The van der Waals surface area contributed by atoms with E-state index in [1.54, 1.807) is 0 Å². The second kappa shape index (κ2) is 6.55. The van der Waals surface area contributed by atoms with Crippen LogP contribution in [0.15, 0.2) is 23.1 Å². The molecular formula is C13H16ClN3O2S. The molecule has 1 fully saturated rings. The third kappa shape index (κ3) is 3.70. The molecule has 2 rings (SSSR count). The molecule has 1 unspecified atom stereocenters. The van der Waals surface area contributed by atoms with Crippen LogP contribution >= 0.6 is 11.6 Å². The smallest absolute Gasteiger partial charge is 0.242 e. The highest BCUT2D eigenvalue weighted by atomic mass is 35.5. The van der Waals surface area contributed by atoms with Crippen LogP contribution < -0.4 is 10.0 Å². The molecular weight excluding hydrogens is 298 g/mol. The number of nitrogens with one attached hydrogen (secondary N) is 2. The first-order valence-electron chi connectivity index (χ1n) is 6.43. The van der Waals surface area contributed by atoms with Crippen molar-refractivity contribution in [3.05, 3.63) is 28.8 Å². The zero-order valence-electron chi connectivity index (χ0n) is 10.9. The summed E-state index contributed by atoms with van der Waals surface area (Å²) in [5.41, 5.74) is 0.339. The van der Waals surface area contributed by atoms with Gasteiger partial charge in [-0.15, -0.1) is 0 Å². The summed E-state index contributed by atoms with van der Waals surface area (Å²) >= 11 is 5.92. The van der Waals surface area contributed by atoms with Crippen LogP contribution in [0.3, 0.4) is 0 Å². The minimum Gasteiger partial charge on any atom is -0.316 e. The monoisotopic (exact) mass is 313 g/mol. The molecule has 1 aliphatic rings. The zero-order chi connectivity index (χ0) is 14.6. The minimum atomic E-state index is -3.62. The fraction of sp³-hybridized carbons (Fsp3) is 0.462. The van der Waals surface area contributed by atoms with E-state index < -0.39 is 10.0 Å². The van der Waals surface area contributed by atoms with Crippen molar-refractivity contribution < 1.29 is 8.42 Å². The van der Waals surface area contributed by atoms with E-state index in [0.29, 0.717) is 18.0 Å². The number of hydrogen-bond donors (Lipinski definition) is 2. The fourth-order valence-electron chi connectivity index (χ4n) is 2.22. The van der Waals surface area contributed by atoms with Crippen molar-refractivity contribution in [2.75, 3.05) is 19.6 Å². The molecule has 1 atom stereocenters. The molecule has 0 saturated carbocycles. The Labute approximate surface area is 124 Å². The predicted molar refractivity (Wildman–Crippen MR) is 76.9 cm³/mol. The number of rotatable bonds is 5. The lowest BCUT2D eigenvalue weighted by atomic mass is 10.1. The van der Waals surface area contributed by atoms with Gasteiger partial charge in [0.25, 0.3) is 0 Å². The summed E-state index contributed by atoms with van der Waals surface area (Å²) in [6.07, 6.45) is 1.89. The van der Waals surface area contributed by atoms with Gasteiger partial charge in [0.2, 0.25) is 10.0 Å². The highest BCUT2D eigenvalue weighted by Crippen LogP contribution is 2.22. The van der Waals surface area contributed by atoms with E-state index in [9.17, 15) is 8.42 Å². The molecule has 108 valence electrons. The lowest BCUT2D eigenvalue weighted by Gasteiger charge is -2.11. The first kappa shape index (κ1) is 15.3. The molecule has 0 radical (unpaired) electrons. The van der Waals surface area contributed by atoms with Gasteiger partial charge in [0.1, 0.15) is 4.90 Å². The summed E-state index contributed by atoms with van der Waals surface area (Å²) < 4.78 is 26.8. The van der Waals surface area contributed by atoms with E-state index in [0.717, 1.165) is 25.9 Å². The van der Waals surface area contributed by atoms with Crippen molar-refractivity contribution in [2.24, 2.45) is 5.92 Å². The molecule has 0 spiro atoms. The molecule has 1 aromatic rings. The largest absolute Gasteiger partial charge is 0.316 e. The standard InChI is InChI=1S/C13H16ClN3O2S/c14-12-7-11(8-15)1-2-13(12)20(18,19)17-6-4-10-3-5-16-9-10/h1-2,7,10,16-17H,3-6,9H2. The van der Waals surface area contributed by atoms with Gasteiger partial charge in [0.05, 0.1) is 16.7 Å². The van der Waals surface area contributed by atoms with Gasteiger partial charge < -0.3 is 5.32 Å². The summed E-state index contributed by atoms with van der Waals surface area (Å²) in [5.74, 6) is 0.522. The van der Waals surface area contributed by atoms with Gasteiger partial charge in [0.15, 0.2) is 0 Å². The normalized spacial score (nSPS) is 18.9. The molecule has 2 N–H and O–H groups in total. The Balaban J connectivity index is 2.00. The first-order valence-corrected chi connectivity index (χ1v) is 8.29. The topological polar surface area (TPSA) is 82.0 Å². The maximum absolute atomic E-state index is 12.1. The van der Waals surface area contributed by atoms with Crippen LogP contribution in [0, 0.1) is 17.2 Å². The van der Waals surface area contributed by atoms with Gasteiger partial charge in [-0.05, 0) is 50.0 Å². The number of nitriles is 1. The molecule has 7 heteroatoms. The van der Waals surface area contributed by atoms with Crippen molar-refractivity contribution in [3.8, 4) is 6.07 Å². The first-order chi connectivity index (χ1) is 9.53. The average molecular weight is 314 g/mol. The van der Waals surface area contributed by atoms with Gasteiger partial charge in [-0.3, -0.25) is 0 Å². The number of hydrogen-bond acceptors (Lipinski definition) is 4. The van der Waals surface area contributed by atoms with Gasteiger partial charge in [-0.25, -0.2) is 13.1 Å². The lowest BCUT2D eigenvalue weighted by molar-refractivity contribution is 0.519. The fourth-order valence-corrected chi connectivity index (χ4v) is 3.81. The average Bonchev–Trinajstić information content (AvgIpc) is 2.91. The lowest BCUT2D eigenvalue weighted by Crippen LogP contribution is -2.27. The van der Waals surface area contributed by atoms with Crippen LogP contribution in [0.1, 0.15) is 18.4 Å². The summed E-state index contributed by atoms with van der Waals surface area (Å²) in [4.78, 5) is 0.0164. The molecule has 1 heterocycles. The molecule has 0 aromatic heterocycles. The molecule has 5 nitrogen and oxygen atoms in total. The van der Waals surface area contributed by atoms with E-state index in [2.05, 4.69) is 10.0 Å². The highest BCUT2D eigenvalue weighted by Gasteiger charge is 2.19. The van der Waals surface area contributed by atoms with E-state index in [-0.39, 0.29) is 9.92 Å². The maximum Gasteiger partial charge on any atom is 0.242 e.